The fourth-order valence-electron chi connectivity index (χ4n) is 1.17. The van der Waals surface area contributed by atoms with E-state index >= 15 is 0 Å². The topological polar surface area (TPSA) is 105 Å². The molecular formula is C10H11NO7S. The number of nitro groups is 1. The Morgan fingerprint density at radius 2 is 2.16 bits per heavy atom. The number of thiophene rings is 1. The molecule has 0 saturated carbocycles. The minimum atomic E-state index is -0.767. The predicted octanol–water partition coefficient (Wildman–Crippen LogP) is 1.38. The number of carbonyl (C=O) groups excluding carboxylic acids is 2. The first-order valence-electron chi connectivity index (χ1n) is 5.13. The lowest BCUT2D eigenvalue weighted by Gasteiger charge is -2.05. The van der Waals surface area contributed by atoms with E-state index < -0.39 is 29.2 Å². The molecule has 9 heteroatoms. The highest BCUT2D eigenvalue weighted by molar-refractivity contribution is 7.12. The predicted molar refractivity (Wildman–Crippen MR) is 64.4 cm³/mol. The summed E-state index contributed by atoms with van der Waals surface area (Å²) in [5.74, 6) is -1.73. The molecule has 0 aromatic carbocycles. The van der Waals surface area contributed by atoms with E-state index in [0.29, 0.717) is 0 Å². The van der Waals surface area contributed by atoms with Crippen molar-refractivity contribution in [3.05, 3.63) is 20.4 Å². The zero-order chi connectivity index (χ0) is 14.4. The summed E-state index contributed by atoms with van der Waals surface area (Å²) in [6.45, 7) is 1.26. The number of nitrogens with zero attached hydrogens (tertiary/aromatic N) is 1. The van der Waals surface area contributed by atoms with Crippen molar-refractivity contribution in [1.29, 1.82) is 0 Å². The van der Waals surface area contributed by atoms with Crippen LogP contribution < -0.4 is 4.74 Å². The fourth-order valence-corrected chi connectivity index (χ4v) is 2.04. The van der Waals surface area contributed by atoms with Crippen LogP contribution >= 0.6 is 11.3 Å². The second kappa shape index (κ2) is 6.69. The van der Waals surface area contributed by atoms with Crippen molar-refractivity contribution in [1.82, 2.24) is 0 Å². The van der Waals surface area contributed by atoms with Crippen molar-refractivity contribution in [3.63, 3.8) is 0 Å². The van der Waals surface area contributed by atoms with Crippen molar-refractivity contribution < 1.29 is 28.7 Å². The number of esters is 2. The Morgan fingerprint density at radius 1 is 1.47 bits per heavy atom. The van der Waals surface area contributed by atoms with Crippen molar-refractivity contribution >= 4 is 29.0 Å². The molecule has 0 radical (unpaired) electrons. The largest absolute Gasteiger partial charge is 0.474 e. The average molecular weight is 289 g/mol. The second-order valence-electron chi connectivity index (χ2n) is 3.12. The third kappa shape index (κ3) is 3.65. The van der Waals surface area contributed by atoms with Crippen LogP contribution in [0.2, 0.25) is 0 Å². The van der Waals surface area contributed by atoms with E-state index in [-0.39, 0.29) is 17.2 Å². The Kier molecular flexibility index (Phi) is 5.24. The molecule has 104 valence electrons. The van der Waals surface area contributed by atoms with Gasteiger partial charge in [-0.1, -0.05) is 0 Å². The molecule has 0 aliphatic rings. The van der Waals surface area contributed by atoms with Crippen LogP contribution in [0.1, 0.15) is 16.6 Å². The first kappa shape index (κ1) is 14.9. The van der Waals surface area contributed by atoms with Gasteiger partial charge in [-0.05, 0) is 6.92 Å². The van der Waals surface area contributed by atoms with Crippen LogP contribution in [0, 0.1) is 10.1 Å². The first-order valence-corrected chi connectivity index (χ1v) is 6.01. The lowest BCUT2D eigenvalue weighted by molar-refractivity contribution is -0.385. The minimum Gasteiger partial charge on any atom is -0.474 e. The van der Waals surface area contributed by atoms with E-state index in [1.54, 1.807) is 6.92 Å². The van der Waals surface area contributed by atoms with E-state index in [2.05, 4.69) is 9.47 Å². The normalized spacial score (nSPS) is 9.79. The van der Waals surface area contributed by atoms with Gasteiger partial charge < -0.3 is 14.2 Å². The maximum absolute atomic E-state index is 11.4. The molecule has 0 bridgehead atoms. The van der Waals surface area contributed by atoms with Gasteiger partial charge in [0, 0.05) is 0 Å². The van der Waals surface area contributed by atoms with Crippen LogP contribution in [0.5, 0.6) is 5.75 Å². The summed E-state index contributed by atoms with van der Waals surface area (Å²) in [5.41, 5.74) is -0.394. The van der Waals surface area contributed by atoms with Crippen LogP contribution in [0.3, 0.4) is 0 Å². The van der Waals surface area contributed by atoms with Crippen LogP contribution in [-0.4, -0.2) is 37.2 Å². The molecule has 0 fully saturated rings. The molecule has 0 N–H and O–H groups in total. The molecular weight excluding hydrogens is 278 g/mol. The van der Waals surface area contributed by atoms with E-state index in [9.17, 15) is 19.7 Å². The Bertz CT molecular complexity index is 496. The van der Waals surface area contributed by atoms with Crippen molar-refractivity contribution in [2.45, 2.75) is 6.92 Å². The third-order valence-corrected chi connectivity index (χ3v) is 2.86. The number of hydrogen-bond acceptors (Lipinski definition) is 8. The third-order valence-electron chi connectivity index (χ3n) is 1.93. The summed E-state index contributed by atoms with van der Waals surface area (Å²) in [7, 11) is 1.14. The summed E-state index contributed by atoms with van der Waals surface area (Å²) in [5, 5.41) is 11.9. The Hall–Kier alpha value is -2.16. The molecule has 1 aromatic rings. The van der Waals surface area contributed by atoms with E-state index in [0.717, 1.165) is 23.8 Å². The van der Waals surface area contributed by atoms with Gasteiger partial charge in [0.1, 0.15) is 0 Å². The molecule has 1 heterocycles. The molecule has 0 aliphatic heterocycles. The molecule has 1 aromatic heterocycles. The Balaban J connectivity index is 2.94. The molecule has 0 amide bonds. The Labute approximate surface area is 112 Å². The van der Waals surface area contributed by atoms with E-state index in [4.69, 9.17) is 4.74 Å². The van der Waals surface area contributed by atoms with Crippen LogP contribution in [0.15, 0.2) is 5.38 Å². The molecule has 1 rings (SSSR count). The summed E-state index contributed by atoms with van der Waals surface area (Å²) >= 11 is 0.809. The van der Waals surface area contributed by atoms with Gasteiger partial charge in [0.05, 0.1) is 24.0 Å². The maximum Gasteiger partial charge on any atom is 0.352 e. The number of ether oxygens (including phenoxy) is 3. The number of carbonyl (C=O) groups is 2. The molecule has 19 heavy (non-hydrogen) atoms. The van der Waals surface area contributed by atoms with Crippen LogP contribution in [0.4, 0.5) is 5.69 Å². The van der Waals surface area contributed by atoms with Crippen LogP contribution in [-0.2, 0) is 14.3 Å². The number of rotatable bonds is 6. The average Bonchev–Trinajstić information content (AvgIpc) is 2.79. The molecule has 0 atom stereocenters. The standard InChI is InChI=1S/C10H11NO7S/c1-3-17-7(12)4-18-8-6(11(14)15)5-19-9(8)10(13)16-2/h5H,3-4H2,1-2H3. The van der Waals surface area contributed by atoms with Gasteiger partial charge in [0.2, 0.25) is 5.75 Å². The lowest BCUT2D eigenvalue weighted by Crippen LogP contribution is -2.16. The smallest absolute Gasteiger partial charge is 0.352 e. The molecule has 0 unspecified atom stereocenters. The minimum absolute atomic E-state index is 0.0708. The van der Waals surface area contributed by atoms with Gasteiger partial charge in [-0.15, -0.1) is 11.3 Å². The molecule has 0 spiro atoms. The van der Waals surface area contributed by atoms with E-state index in [1.165, 1.54) is 0 Å². The SMILES string of the molecule is CCOC(=O)COc1c([N+](=O)[O-])csc1C(=O)OC. The highest BCUT2D eigenvalue weighted by atomic mass is 32.1. The monoisotopic (exact) mass is 289 g/mol. The van der Waals surface area contributed by atoms with Gasteiger partial charge in [0.25, 0.3) is 0 Å². The maximum atomic E-state index is 11.4. The summed E-state index contributed by atoms with van der Waals surface area (Å²) in [6.07, 6.45) is 0. The van der Waals surface area contributed by atoms with Crippen molar-refractivity contribution in [2.24, 2.45) is 0 Å². The summed E-state index contributed by atoms with van der Waals surface area (Å²) in [6, 6.07) is 0. The molecule has 8 nitrogen and oxygen atoms in total. The first-order chi connectivity index (χ1) is 9.01. The summed E-state index contributed by atoms with van der Waals surface area (Å²) < 4.78 is 14.1. The van der Waals surface area contributed by atoms with Gasteiger partial charge in [0.15, 0.2) is 11.5 Å². The van der Waals surface area contributed by atoms with Gasteiger partial charge >= 0.3 is 17.6 Å². The Morgan fingerprint density at radius 3 is 2.68 bits per heavy atom. The zero-order valence-corrected chi connectivity index (χ0v) is 11.0. The zero-order valence-electron chi connectivity index (χ0n) is 10.2. The second-order valence-corrected chi connectivity index (χ2v) is 4.00. The number of methoxy groups -OCH3 is 1. The van der Waals surface area contributed by atoms with Crippen molar-refractivity contribution in [3.8, 4) is 5.75 Å². The summed E-state index contributed by atoms with van der Waals surface area (Å²) in [4.78, 5) is 32.6. The highest BCUT2D eigenvalue weighted by Crippen LogP contribution is 2.37. The van der Waals surface area contributed by atoms with Gasteiger partial charge in [-0.2, -0.15) is 0 Å². The quantitative estimate of drug-likeness (QED) is 0.442. The fraction of sp³-hybridized carbons (Fsp3) is 0.400. The van der Waals surface area contributed by atoms with Crippen LogP contribution in [0.25, 0.3) is 0 Å². The van der Waals surface area contributed by atoms with E-state index in [1.807, 2.05) is 0 Å². The highest BCUT2D eigenvalue weighted by Gasteiger charge is 2.28. The van der Waals surface area contributed by atoms with Crippen molar-refractivity contribution in [2.75, 3.05) is 20.3 Å². The number of hydrogen-bond donors (Lipinski definition) is 0. The molecule has 0 aliphatic carbocycles. The van der Waals surface area contributed by atoms with Gasteiger partial charge in [-0.3, -0.25) is 10.1 Å². The molecule has 0 saturated heterocycles. The van der Waals surface area contributed by atoms with Gasteiger partial charge in [-0.25, -0.2) is 9.59 Å². The lowest BCUT2D eigenvalue weighted by atomic mass is 10.4.